The van der Waals surface area contributed by atoms with Gasteiger partial charge in [0.25, 0.3) is 0 Å². The van der Waals surface area contributed by atoms with Crippen molar-refractivity contribution >= 4 is 27.5 Å². The summed E-state index contributed by atoms with van der Waals surface area (Å²) in [6, 6.07) is 4.00. The van der Waals surface area contributed by atoms with Crippen LogP contribution in [0.1, 0.15) is 26.0 Å². The Balaban J connectivity index is 2.50. The zero-order valence-corrected chi connectivity index (χ0v) is 12.0. The van der Waals surface area contributed by atoms with Crippen LogP contribution in [-0.2, 0) is 4.79 Å². The highest BCUT2D eigenvalue weighted by molar-refractivity contribution is 9.10. The summed E-state index contributed by atoms with van der Waals surface area (Å²) < 4.78 is 0.769. The summed E-state index contributed by atoms with van der Waals surface area (Å²) in [5, 5.41) is 5.97. The van der Waals surface area contributed by atoms with Crippen molar-refractivity contribution in [2.45, 2.75) is 33.2 Å². The van der Waals surface area contributed by atoms with E-state index in [1.807, 2.05) is 19.1 Å². The van der Waals surface area contributed by atoms with Gasteiger partial charge in [-0.25, -0.2) is 4.98 Å². The van der Waals surface area contributed by atoms with E-state index in [1.54, 1.807) is 0 Å². The van der Waals surface area contributed by atoms with E-state index in [0.717, 1.165) is 22.4 Å². The summed E-state index contributed by atoms with van der Waals surface area (Å²) in [6.45, 7) is 6.32. The minimum atomic E-state index is -0.0440. The normalized spacial score (nSPS) is 12.2. The van der Waals surface area contributed by atoms with E-state index in [0.29, 0.717) is 12.6 Å². The minimum absolute atomic E-state index is 0.0440. The zero-order valence-electron chi connectivity index (χ0n) is 10.4. The van der Waals surface area contributed by atoms with Gasteiger partial charge in [-0.1, -0.05) is 6.92 Å². The lowest BCUT2D eigenvalue weighted by Crippen LogP contribution is -2.34. The highest BCUT2D eigenvalue weighted by Gasteiger charge is 2.07. The number of amides is 1. The zero-order chi connectivity index (χ0) is 12.8. The average Bonchev–Trinajstić information content (AvgIpc) is 2.29. The number of hydrogen-bond donors (Lipinski definition) is 2. The molecule has 1 unspecified atom stereocenters. The molecule has 94 valence electrons. The maximum absolute atomic E-state index is 11.7. The molecule has 5 heteroatoms. The number of halogens is 1. The highest BCUT2D eigenvalue weighted by atomic mass is 79.9. The van der Waals surface area contributed by atoms with Gasteiger partial charge in [-0.2, -0.15) is 0 Å². The molecule has 0 aliphatic carbocycles. The summed E-state index contributed by atoms with van der Waals surface area (Å²) >= 11 is 3.29. The van der Waals surface area contributed by atoms with Crippen molar-refractivity contribution in [3.63, 3.8) is 0 Å². The third-order valence-corrected chi connectivity index (χ3v) is 2.99. The number of carbonyl (C=O) groups is 1. The second-order valence-corrected chi connectivity index (χ2v) is 4.82. The number of nitrogens with one attached hydrogen (secondary N) is 2. The Morgan fingerprint density at radius 1 is 1.53 bits per heavy atom. The summed E-state index contributed by atoms with van der Waals surface area (Å²) in [5.41, 5.74) is 1.56. The van der Waals surface area contributed by atoms with E-state index in [9.17, 15) is 4.79 Å². The lowest BCUT2D eigenvalue weighted by atomic mass is 10.2. The van der Waals surface area contributed by atoms with E-state index in [-0.39, 0.29) is 5.91 Å². The number of hydrogen-bond acceptors (Lipinski definition) is 3. The molecule has 1 aromatic heterocycles. The Morgan fingerprint density at radius 2 is 2.24 bits per heavy atom. The van der Waals surface area contributed by atoms with Crippen molar-refractivity contribution in [3.8, 4) is 0 Å². The van der Waals surface area contributed by atoms with Crippen LogP contribution in [0.25, 0.3) is 0 Å². The van der Waals surface area contributed by atoms with Crippen LogP contribution in [0.2, 0.25) is 0 Å². The van der Waals surface area contributed by atoms with Gasteiger partial charge in [0.15, 0.2) is 0 Å². The molecule has 0 bridgehead atoms. The first-order chi connectivity index (χ1) is 8.02. The molecule has 2 N–H and O–H groups in total. The van der Waals surface area contributed by atoms with Crippen LogP contribution in [0, 0.1) is 6.92 Å². The van der Waals surface area contributed by atoms with Crippen molar-refractivity contribution < 1.29 is 4.79 Å². The molecule has 0 aromatic carbocycles. The molecule has 0 fully saturated rings. The molecular weight excluding hydrogens is 282 g/mol. The molecule has 0 aliphatic heterocycles. The van der Waals surface area contributed by atoms with Crippen LogP contribution in [0.5, 0.6) is 0 Å². The van der Waals surface area contributed by atoms with Gasteiger partial charge in [0.05, 0.1) is 17.9 Å². The summed E-state index contributed by atoms with van der Waals surface area (Å²) in [4.78, 5) is 15.9. The number of aromatic nitrogens is 1. The van der Waals surface area contributed by atoms with Crippen LogP contribution >= 0.6 is 15.9 Å². The summed E-state index contributed by atoms with van der Waals surface area (Å²) in [6.07, 6.45) is 1.01. The van der Waals surface area contributed by atoms with Crippen molar-refractivity contribution in [2.75, 3.05) is 11.9 Å². The highest BCUT2D eigenvalue weighted by Crippen LogP contribution is 2.15. The van der Waals surface area contributed by atoms with Gasteiger partial charge in [0, 0.05) is 6.04 Å². The van der Waals surface area contributed by atoms with Crippen LogP contribution in [0.4, 0.5) is 5.69 Å². The van der Waals surface area contributed by atoms with E-state index in [4.69, 9.17) is 0 Å². The minimum Gasteiger partial charge on any atom is -0.323 e. The fourth-order valence-electron chi connectivity index (χ4n) is 1.27. The fraction of sp³-hybridized carbons (Fsp3) is 0.500. The largest absolute Gasteiger partial charge is 0.323 e. The molecule has 0 saturated heterocycles. The van der Waals surface area contributed by atoms with Gasteiger partial charge >= 0.3 is 0 Å². The Labute approximate surface area is 110 Å². The molecule has 17 heavy (non-hydrogen) atoms. The van der Waals surface area contributed by atoms with E-state index in [1.165, 1.54) is 0 Å². The molecule has 0 aliphatic rings. The average molecular weight is 300 g/mol. The number of aryl methyl sites for hydroxylation is 1. The smallest absolute Gasteiger partial charge is 0.238 e. The first-order valence-electron chi connectivity index (χ1n) is 5.69. The van der Waals surface area contributed by atoms with Gasteiger partial charge in [0.1, 0.15) is 4.60 Å². The van der Waals surface area contributed by atoms with E-state index < -0.39 is 0 Å². The van der Waals surface area contributed by atoms with Gasteiger partial charge < -0.3 is 10.6 Å². The first-order valence-corrected chi connectivity index (χ1v) is 6.48. The quantitative estimate of drug-likeness (QED) is 0.821. The molecular formula is C12H18BrN3O. The molecule has 1 amide bonds. The Morgan fingerprint density at radius 3 is 2.82 bits per heavy atom. The predicted octanol–water partition coefficient (Wildman–Crippen LogP) is 2.48. The summed E-state index contributed by atoms with van der Waals surface area (Å²) in [5.74, 6) is -0.0440. The Hall–Kier alpha value is -0.940. The molecule has 1 rings (SSSR count). The van der Waals surface area contributed by atoms with Crippen LogP contribution in [0.3, 0.4) is 0 Å². The lowest BCUT2D eigenvalue weighted by molar-refractivity contribution is -0.115. The topological polar surface area (TPSA) is 54.0 Å². The van der Waals surface area contributed by atoms with Gasteiger partial charge in [-0.05, 0) is 48.3 Å². The predicted molar refractivity (Wildman–Crippen MR) is 73.1 cm³/mol. The standard InChI is InChI=1S/C12H18BrN3O/c1-4-8(2)14-7-12(17)16-10-5-6-11(13)15-9(10)3/h5-6,8,14H,4,7H2,1-3H3,(H,16,17). The third-order valence-electron chi connectivity index (χ3n) is 2.55. The first kappa shape index (κ1) is 14.1. The van der Waals surface area contributed by atoms with Gasteiger partial charge in [-0.15, -0.1) is 0 Å². The molecule has 4 nitrogen and oxygen atoms in total. The number of nitrogens with zero attached hydrogens (tertiary/aromatic N) is 1. The molecule has 1 aromatic rings. The number of pyridine rings is 1. The Kier molecular flexibility index (Phi) is 5.58. The van der Waals surface area contributed by atoms with Crippen molar-refractivity contribution in [1.29, 1.82) is 0 Å². The maximum atomic E-state index is 11.7. The van der Waals surface area contributed by atoms with Gasteiger partial charge in [-0.3, -0.25) is 4.79 Å². The molecule has 1 heterocycles. The second kappa shape index (κ2) is 6.71. The fourth-order valence-corrected chi connectivity index (χ4v) is 1.67. The molecule has 0 saturated carbocycles. The number of rotatable bonds is 5. The second-order valence-electron chi connectivity index (χ2n) is 4.01. The molecule has 0 radical (unpaired) electrons. The maximum Gasteiger partial charge on any atom is 0.238 e. The van der Waals surface area contributed by atoms with Crippen molar-refractivity contribution in [2.24, 2.45) is 0 Å². The van der Waals surface area contributed by atoms with Crippen LogP contribution < -0.4 is 10.6 Å². The molecule has 0 spiro atoms. The van der Waals surface area contributed by atoms with E-state index in [2.05, 4.69) is 45.4 Å². The van der Waals surface area contributed by atoms with Gasteiger partial charge in [0.2, 0.25) is 5.91 Å². The van der Waals surface area contributed by atoms with Crippen LogP contribution in [0.15, 0.2) is 16.7 Å². The third kappa shape index (κ3) is 4.83. The number of anilines is 1. The Bertz CT molecular complexity index is 395. The monoisotopic (exact) mass is 299 g/mol. The SMILES string of the molecule is CCC(C)NCC(=O)Nc1ccc(Br)nc1C. The van der Waals surface area contributed by atoms with E-state index >= 15 is 0 Å². The van der Waals surface area contributed by atoms with Crippen molar-refractivity contribution in [1.82, 2.24) is 10.3 Å². The summed E-state index contributed by atoms with van der Waals surface area (Å²) in [7, 11) is 0. The number of carbonyl (C=O) groups excluding carboxylic acids is 1. The lowest BCUT2D eigenvalue weighted by Gasteiger charge is -2.12. The van der Waals surface area contributed by atoms with Crippen molar-refractivity contribution in [3.05, 3.63) is 22.4 Å². The molecule has 1 atom stereocenters. The van der Waals surface area contributed by atoms with Crippen LogP contribution in [-0.4, -0.2) is 23.5 Å².